The SMILES string of the molecule is CN(C)P(=O)(N(C)C)N(C)C.[H-].[K+]. The number of hydrogen-bond acceptors (Lipinski definition) is 1. The molecule has 6 heteroatoms. The zero-order valence-electron chi connectivity index (χ0n) is 10.2. The summed E-state index contributed by atoms with van der Waals surface area (Å²) in [5, 5.41) is 0. The van der Waals surface area contributed by atoms with Gasteiger partial charge in [-0.05, 0) is 42.3 Å². The molecule has 0 radical (unpaired) electrons. The maximum Gasteiger partial charge on any atom is 1.00 e. The first kappa shape index (κ1) is 16.2. The van der Waals surface area contributed by atoms with Gasteiger partial charge in [-0.25, -0.2) is 14.0 Å². The molecule has 0 saturated carbocycles. The Morgan fingerprint density at radius 2 is 1.00 bits per heavy atom. The summed E-state index contributed by atoms with van der Waals surface area (Å²) >= 11 is 0. The normalized spacial score (nSPS) is 12.4. The molecule has 0 aromatic carbocycles. The number of hydrogen-bond donors (Lipinski definition) is 0. The van der Waals surface area contributed by atoms with Crippen LogP contribution < -0.4 is 51.4 Å². The monoisotopic (exact) mass is 219 g/mol. The molecule has 0 aromatic rings. The summed E-state index contributed by atoms with van der Waals surface area (Å²) in [5.74, 6) is 0. The number of nitrogens with zero attached hydrogens (tertiary/aromatic N) is 3. The summed E-state index contributed by atoms with van der Waals surface area (Å²) < 4.78 is 17.3. The third kappa shape index (κ3) is 3.48. The molecule has 0 aromatic heterocycles. The van der Waals surface area contributed by atoms with Crippen LogP contribution in [0.25, 0.3) is 0 Å². The van der Waals surface area contributed by atoms with Crippen LogP contribution in [0.1, 0.15) is 1.43 Å². The van der Waals surface area contributed by atoms with E-state index < -0.39 is 7.59 Å². The van der Waals surface area contributed by atoms with E-state index in [-0.39, 0.29) is 52.8 Å². The Balaban J connectivity index is -0.000000500. The van der Waals surface area contributed by atoms with Crippen LogP contribution in [-0.2, 0) is 4.57 Å². The zero-order valence-corrected chi connectivity index (χ0v) is 13.2. The predicted octanol–water partition coefficient (Wildman–Crippen LogP) is -2.10. The summed E-state index contributed by atoms with van der Waals surface area (Å²) in [4.78, 5) is 0. The van der Waals surface area contributed by atoms with Crippen LogP contribution in [0.4, 0.5) is 0 Å². The molecular formula is C6H19KN3OP. The van der Waals surface area contributed by atoms with Crippen molar-refractivity contribution in [2.24, 2.45) is 0 Å². The van der Waals surface area contributed by atoms with Crippen LogP contribution in [0.15, 0.2) is 0 Å². The van der Waals surface area contributed by atoms with Crippen LogP contribution in [0.5, 0.6) is 0 Å². The van der Waals surface area contributed by atoms with Gasteiger partial charge in [0.25, 0.3) is 7.59 Å². The third-order valence-electron chi connectivity index (χ3n) is 1.56. The molecule has 0 rings (SSSR count). The second-order valence-electron chi connectivity index (χ2n) is 3.05. The minimum Gasteiger partial charge on any atom is -1.00 e. The topological polar surface area (TPSA) is 26.8 Å². The Hall–Kier alpha value is 1.75. The van der Waals surface area contributed by atoms with Gasteiger partial charge >= 0.3 is 51.4 Å². The van der Waals surface area contributed by atoms with Crippen molar-refractivity contribution in [2.75, 3.05) is 42.3 Å². The smallest absolute Gasteiger partial charge is 1.00 e. The van der Waals surface area contributed by atoms with E-state index in [1.165, 1.54) is 0 Å². The maximum atomic E-state index is 12.1. The van der Waals surface area contributed by atoms with Crippen molar-refractivity contribution in [1.82, 2.24) is 14.0 Å². The van der Waals surface area contributed by atoms with Gasteiger partial charge in [-0.1, -0.05) is 0 Å². The van der Waals surface area contributed by atoms with Crippen LogP contribution in [0, 0.1) is 0 Å². The Bertz CT molecular complexity index is 149. The van der Waals surface area contributed by atoms with E-state index in [0.717, 1.165) is 0 Å². The fraction of sp³-hybridized carbons (Fsp3) is 1.00. The van der Waals surface area contributed by atoms with Gasteiger partial charge in [0, 0.05) is 0 Å². The molecule has 70 valence electrons. The first-order chi connectivity index (χ1) is 4.83. The molecule has 0 unspecified atom stereocenters. The minimum atomic E-state index is -2.44. The summed E-state index contributed by atoms with van der Waals surface area (Å²) in [6, 6.07) is 0. The molecule has 0 spiro atoms. The second-order valence-corrected chi connectivity index (χ2v) is 6.48. The molecule has 0 bridgehead atoms. The molecule has 0 atom stereocenters. The van der Waals surface area contributed by atoms with Gasteiger partial charge in [0.1, 0.15) is 0 Å². The molecule has 0 amide bonds. The molecule has 0 heterocycles. The van der Waals surface area contributed by atoms with Crippen molar-refractivity contribution >= 4 is 7.59 Å². The second kappa shape index (κ2) is 6.27. The Morgan fingerprint density at radius 3 is 1.00 bits per heavy atom. The predicted molar refractivity (Wildman–Crippen MR) is 49.8 cm³/mol. The Kier molecular flexibility index (Phi) is 8.46. The third-order valence-corrected chi connectivity index (χ3v) is 4.69. The molecule has 0 N–H and O–H groups in total. The van der Waals surface area contributed by atoms with Crippen molar-refractivity contribution in [3.05, 3.63) is 0 Å². The van der Waals surface area contributed by atoms with Gasteiger partial charge in [0.15, 0.2) is 0 Å². The van der Waals surface area contributed by atoms with E-state index >= 15 is 0 Å². The Morgan fingerprint density at radius 1 is 0.833 bits per heavy atom. The van der Waals surface area contributed by atoms with Crippen LogP contribution in [-0.4, -0.2) is 56.3 Å². The molecule has 4 nitrogen and oxygen atoms in total. The standard InChI is InChI=1S/C6H18N3OP.K.H/c1-7(2)11(10,8(3)4)9(5)6;;/h1-6H3;;/q;+1;-1. The van der Waals surface area contributed by atoms with Gasteiger partial charge < -0.3 is 1.43 Å². The van der Waals surface area contributed by atoms with Gasteiger partial charge in [-0.15, -0.1) is 0 Å². The fourth-order valence-electron chi connectivity index (χ4n) is 1.07. The van der Waals surface area contributed by atoms with Crippen molar-refractivity contribution in [1.29, 1.82) is 0 Å². The first-order valence-electron chi connectivity index (χ1n) is 3.47. The van der Waals surface area contributed by atoms with Crippen molar-refractivity contribution in [2.45, 2.75) is 0 Å². The summed E-state index contributed by atoms with van der Waals surface area (Å²) in [6.45, 7) is 0. The molecule has 0 fully saturated rings. The average Bonchev–Trinajstić information content (AvgIpc) is 1.84. The largest absolute Gasteiger partial charge is 1.00 e. The summed E-state index contributed by atoms with van der Waals surface area (Å²) in [5.41, 5.74) is 0. The van der Waals surface area contributed by atoms with Gasteiger partial charge in [-0.3, -0.25) is 4.57 Å². The average molecular weight is 219 g/mol. The van der Waals surface area contributed by atoms with Gasteiger partial charge in [0.05, 0.1) is 0 Å². The molecular weight excluding hydrogens is 200 g/mol. The van der Waals surface area contributed by atoms with E-state index in [4.69, 9.17) is 0 Å². The van der Waals surface area contributed by atoms with E-state index in [2.05, 4.69) is 0 Å². The van der Waals surface area contributed by atoms with Crippen LogP contribution in [0.2, 0.25) is 0 Å². The van der Waals surface area contributed by atoms with E-state index in [1.54, 1.807) is 14.0 Å². The quantitative estimate of drug-likeness (QED) is 0.401. The Labute approximate surface area is 120 Å². The van der Waals surface area contributed by atoms with Crippen molar-refractivity contribution in [3.8, 4) is 0 Å². The molecule has 0 aliphatic heterocycles. The van der Waals surface area contributed by atoms with E-state index in [1.807, 2.05) is 42.3 Å². The molecule has 0 aliphatic carbocycles. The zero-order chi connectivity index (χ0) is 9.23. The minimum absolute atomic E-state index is 0. The first-order valence-corrected chi connectivity index (χ1v) is 5.03. The summed E-state index contributed by atoms with van der Waals surface area (Å²) in [7, 11) is 8.49. The van der Waals surface area contributed by atoms with Gasteiger partial charge in [0.2, 0.25) is 0 Å². The van der Waals surface area contributed by atoms with Crippen LogP contribution >= 0.6 is 7.59 Å². The van der Waals surface area contributed by atoms with Crippen molar-refractivity contribution in [3.63, 3.8) is 0 Å². The number of rotatable bonds is 3. The van der Waals surface area contributed by atoms with E-state index in [0.29, 0.717) is 0 Å². The van der Waals surface area contributed by atoms with Gasteiger partial charge in [-0.2, -0.15) is 0 Å². The van der Waals surface area contributed by atoms with E-state index in [9.17, 15) is 4.57 Å². The molecule has 0 saturated heterocycles. The van der Waals surface area contributed by atoms with Crippen molar-refractivity contribution < 1.29 is 57.4 Å². The molecule has 12 heavy (non-hydrogen) atoms. The maximum absolute atomic E-state index is 12.1. The van der Waals surface area contributed by atoms with Crippen LogP contribution in [0.3, 0.4) is 0 Å². The summed E-state index contributed by atoms with van der Waals surface area (Å²) in [6.07, 6.45) is 0. The molecule has 0 aliphatic rings. The fourth-order valence-corrected chi connectivity index (χ4v) is 3.22.